The van der Waals surface area contributed by atoms with Crippen LogP contribution in [0.5, 0.6) is 0 Å². The molecule has 4 heteroatoms. The minimum atomic E-state index is 0.624. The lowest BCUT2D eigenvalue weighted by Crippen LogP contribution is -1.98. The van der Waals surface area contributed by atoms with Crippen LogP contribution in [0.3, 0.4) is 0 Å². The first-order valence-electron chi connectivity index (χ1n) is 18.8. The Morgan fingerprint density at radius 2 is 0.679 bits per heavy atom. The minimum absolute atomic E-state index is 0.624. The highest BCUT2D eigenvalue weighted by molar-refractivity contribution is 5.98. The molecule has 0 unspecified atom stereocenters. The maximum absolute atomic E-state index is 5.34. The van der Waals surface area contributed by atoms with Crippen molar-refractivity contribution in [3.05, 3.63) is 207 Å². The van der Waals surface area contributed by atoms with Gasteiger partial charge in [-0.3, -0.25) is 9.97 Å². The van der Waals surface area contributed by atoms with E-state index in [2.05, 4.69) is 158 Å². The molecule has 4 nitrogen and oxygen atoms in total. The highest BCUT2D eigenvalue weighted by Crippen LogP contribution is 2.37. The van der Waals surface area contributed by atoms with Crippen LogP contribution in [0.4, 0.5) is 0 Å². The number of nitrogens with zero attached hydrogens (tertiary/aromatic N) is 4. The predicted molar refractivity (Wildman–Crippen MR) is 231 cm³/mol. The van der Waals surface area contributed by atoms with Crippen molar-refractivity contribution in [1.29, 1.82) is 0 Å². The molecule has 10 rings (SSSR count). The van der Waals surface area contributed by atoms with Crippen LogP contribution in [0.1, 0.15) is 0 Å². The molecule has 3 aromatic heterocycles. The predicted octanol–water partition coefficient (Wildman–Crippen LogP) is 13.2. The summed E-state index contributed by atoms with van der Waals surface area (Å²) in [6, 6.07) is 67.9. The fraction of sp³-hybridized carbons (Fsp3) is 0. The van der Waals surface area contributed by atoms with Crippen molar-refractivity contribution in [3.63, 3.8) is 0 Å². The summed E-state index contributed by atoms with van der Waals surface area (Å²) in [5.41, 5.74) is 12.9. The first kappa shape index (κ1) is 33.0. The summed E-state index contributed by atoms with van der Waals surface area (Å²) in [4.78, 5) is 20.1. The lowest BCUT2D eigenvalue weighted by atomic mass is 9.95. The van der Waals surface area contributed by atoms with Crippen molar-refractivity contribution in [2.75, 3.05) is 0 Å². The lowest BCUT2D eigenvalue weighted by molar-refractivity contribution is 1.18. The Labute approximate surface area is 325 Å². The minimum Gasteiger partial charge on any atom is -0.256 e. The monoisotopic (exact) mass is 714 g/mol. The first-order chi connectivity index (χ1) is 27.7. The van der Waals surface area contributed by atoms with Gasteiger partial charge in [-0.2, -0.15) is 0 Å². The van der Waals surface area contributed by atoms with Crippen LogP contribution in [-0.4, -0.2) is 19.9 Å². The second-order valence-corrected chi connectivity index (χ2v) is 13.9. The second-order valence-electron chi connectivity index (χ2n) is 13.9. The van der Waals surface area contributed by atoms with E-state index in [1.54, 1.807) is 0 Å². The summed E-state index contributed by atoms with van der Waals surface area (Å²) in [6.45, 7) is 0. The van der Waals surface area contributed by atoms with Crippen LogP contribution < -0.4 is 0 Å². The Balaban J connectivity index is 1.18. The van der Waals surface area contributed by atoms with E-state index in [-0.39, 0.29) is 0 Å². The molecule has 0 saturated carbocycles. The van der Waals surface area contributed by atoms with Crippen molar-refractivity contribution < 1.29 is 0 Å². The molecule has 0 spiro atoms. The molecule has 0 fully saturated rings. The van der Waals surface area contributed by atoms with Crippen LogP contribution in [0.2, 0.25) is 0 Å². The Morgan fingerprint density at radius 3 is 1.18 bits per heavy atom. The highest BCUT2D eigenvalue weighted by atomic mass is 14.9. The molecular formula is C52H34N4. The van der Waals surface area contributed by atoms with Gasteiger partial charge in [0.05, 0.1) is 22.8 Å². The third-order valence-electron chi connectivity index (χ3n) is 10.4. The largest absolute Gasteiger partial charge is 0.256 e. The molecule has 0 aliphatic rings. The van der Waals surface area contributed by atoms with Crippen LogP contribution in [0.25, 0.3) is 100 Å². The molecule has 56 heavy (non-hydrogen) atoms. The molecular weight excluding hydrogens is 681 g/mol. The Morgan fingerprint density at radius 1 is 0.268 bits per heavy atom. The van der Waals surface area contributed by atoms with Gasteiger partial charge in [-0.15, -0.1) is 0 Å². The van der Waals surface area contributed by atoms with Gasteiger partial charge >= 0.3 is 0 Å². The topological polar surface area (TPSA) is 51.6 Å². The van der Waals surface area contributed by atoms with Gasteiger partial charge in [-0.1, -0.05) is 133 Å². The van der Waals surface area contributed by atoms with E-state index < -0.39 is 0 Å². The Bertz CT molecular complexity index is 2820. The fourth-order valence-corrected chi connectivity index (χ4v) is 7.64. The molecule has 0 radical (unpaired) electrons. The third-order valence-corrected chi connectivity index (χ3v) is 10.4. The third kappa shape index (κ3) is 6.40. The molecule has 7 aromatic carbocycles. The first-order valence-corrected chi connectivity index (χ1v) is 18.8. The van der Waals surface area contributed by atoms with Crippen molar-refractivity contribution in [3.8, 4) is 78.7 Å². The van der Waals surface area contributed by atoms with Crippen molar-refractivity contribution in [1.82, 2.24) is 19.9 Å². The van der Waals surface area contributed by atoms with Crippen molar-refractivity contribution >= 4 is 21.5 Å². The molecule has 0 amide bonds. The molecule has 10 aromatic rings. The van der Waals surface area contributed by atoms with Gasteiger partial charge in [-0.25, -0.2) is 9.97 Å². The lowest BCUT2D eigenvalue weighted by Gasteiger charge is -2.14. The zero-order chi connectivity index (χ0) is 37.3. The molecule has 0 bridgehead atoms. The van der Waals surface area contributed by atoms with Gasteiger partial charge < -0.3 is 0 Å². The highest BCUT2D eigenvalue weighted by Gasteiger charge is 2.16. The molecule has 0 atom stereocenters. The summed E-state index contributed by atoms with van der Waals surface area (Å²) in [6.07, 6.45) is 3.65. The fourth-order valence-electron chi connectivity index (χ4n) is 7.64. The number of pyridine rings is 2. The quantitative estimate of drug-likeness (QED) is 0.165. The summed E-state index contributed by atoms with van der Waals surface area (Å²) < 4.78 is 0. The second kappa shape index (κ2) is 14.3. The van der Waals surface area contributed by atoms with Gasteiger partial charge in [0.1, 0.15) is 0 Å². The van der Waals surface area contributed by atoms with E-state index in [4.69, 9.17) is 19.9 Å². The average molecular weight is 715 g/mol. The molecule has 0 aliphatic carbocycles. The molecule has 3 heterocycles. The summed E-state index contributed by atoms with van der Waals surface area (Å²) in [7, 11) is 0. The summed E-state index contributed by atoms with van der Waals surface area (Å²) in [5.74, 6) is 0.624. The normalized spacial score (nSPS) is 11.2. The smallest absolute Gasteiger partial charge is 0.160 e. The molecule has 0 saturated heterocycles. The standard InChI is InChI=1S/C52H34N4/c1-3-21-44-35(13-1)15-11-23-46(44)37-17-9-19-39(29-37)50-34-51(40-20-10-18-38(30-40)47-24-12-16-36-14-2-4-22-45(36)47)56-52(55-50)43-32-41(48-25-5-7-27-53-48)31-42(33-43)49-26-6-8-28-54-49/h1-34H. The number of aromatic nitrogens is 4. The maximum Gasteiger partial charge on any atom is 0.160 e. The van der Waals surface area contributed by atoms with Crippen LogP contribution >= 0.6 is 0 Å². The number of rotatable bonds is 7. The van der Waals surface area contributed by atoms with E-state index >= 15 is 0 Å². The molecule has 262 valence electrons. The average Bonchev–Trinajstić information content (AvgIpc) is 3.29. The van der Waals surface area contributed by atoms with Gasteiger partial charge in [-0.05, 0) is 104 Å². The number of benzene rings is 7. The maximum atomic E-state index is 5.34. The van der Waals surface area contributed by atoms with Crippen LogP contribution in [-0.2, 0) is 0 Å². The van der Waals surface area contributed by atoms with Crippen LogP contribution in [0.15, 0.2) is 207 Å². The van der Waals surface area contributed by atoms with Gasteiger partial charge in [0, 0.05) is 40.2 Å². The zero-order valence-corrected chi connectivity index (χ0v) is 30.4. The number of hydrogen-bond donors (Lipinski definition) is 0. The van der Waals surface area contributed by atoms with E-state index in [1.165, 1.54) is 32.7 Å². The van der Waals surface area contributed by atoms with Gasteiger partial charge in [0.15, 0.2) is 5.82 Å². The van der Waals surface area contributed by atoms with Gasteiger partial charge in [0.2, 0.25) is 0 Å². The molecule has 0 N–H and O–H groups in total. The van der Waals surface area contributed by atoms with E-state index in [9.17, 15) is 0 Å². The van der Waals surface area contributed by atoms with E-state index in [1.807, 2.05) is 48.8 Å². The van der Waals surface area contributed by atoms with E-state index in [0.717, 1.165) is 61.7 Å². The Hall–Kier alpha value is -7.56. The number of fused-ring (bicyclic) bond motifs is 2. The van der Waals surface area contributed by atoms with Gasteiger partial charge in [0.25, 0.3) is 0 Å². The Kier molecular flexibility index (Phi) is 8.47. The van der Waals surface area contributed by atoms with Crippen molar-refractivity contribution in [2.24, 2.45) is 0 Å². The zero-order valence-electron chi connectivity index (χ0n) is 30.4. The summed E-state index contributed by atoms with van der Waals surface area (Å²) >= 11 is 0. The molecule has 0 aliphatic heterocycles. The summed E-state index contributed by atoms with van der Waals surface area (Å²) in [5, 5.41) is 4.86. The number of hydrogen-bond acceptors (Lipinski definition) is 4. The SMILES string of the molecule is c1ccc(-c2cc(-c3ccccn3)cc(-c3nc(-c4cccc(-c5cccc6ccccc56)c4)cc(-c4cccc(-c5cccc6ccccc56)c4)n3)c2)nc1. The van der Waals surface area contributed by atoms with Crippen molar-refractivity contribution in [2.45, 2.75) is 0 Å². The van der Waals surface area contributed by atoms with E-state index in [0.29, 0.717) is 5.82 Å². The van der Waals surface area contributed by atoms with Crippen LogP contribution in [0, 0.1) is 0 Å².